The van der Waals surface area contributed by atoms with Crippen LogP contribution < -0.4 is 20.4 Å². The van der Waals surface area contributed by atoms with Crippen molar-refractivity contribution in [2.75, 3.05) is 24.6 Å². The van der Waals surface area contributed by atoms with Gasteiger partial charge in [-0.25, -0.2) is 19.7 Å². The minimum atomic E-state index is -5.56. The van der Waals surface area contributed by atoms with Crippen LogP contribution in [-0.2, 0) is 27.5 Å². The molecule has 3 heterocycles. The SMILES string of the molecule is CCNC(=O)Nc1ncnc2c1ncn2[C@@H]1O[C@H](COP(=O)([O-])OP(=O)([O-])CC(=O)O)C(O)[C@@H]1O. The van der Waals surface area contributed by atoms with Gasteiger partial charge in [0.25, 0.3) is 7.82 Å². The highest BCUT2D eigenvalue weighted by Crippen LogP contribution is 2.55. The Labute approximate surface area is 196 Å². The first kappa shape index (κ1) is 27.1. The Bertz CT molecular complexity index is 1190. The molecule has 35 heavy (non-hydrogen) atoms. The van der Waals surface area contributed by atoms with E-state index in [0.29, 0.717) is 6.54 Å². The predicted octanol–water partition coefficient (Wildman–Crippen LogP) is -2.27. The zero-order valence-electron chi connectivity index (χ0n) is 17.8. The number of carbonyl (C=O) groups excluding carboxylic acids is 1. The van der Waals surface area contributed by atoms with Gasteiger partial charge in [-0.15, -0.1) is 0 Å². The van der Waals surface area contributed by atoms with Gasteiger partial charge in [-0.1, -0.05) is 0 Å². The lowest BCUT2D eigenvalue weighted by Crippen LogP contribution is -2.34. The summed E-state index contributed by atoms with van der Waals surface area (Å²) in [4.78, 5) is 57.5. The number of rotatable bonds is 10. The van der Waals surface area contributed by atoms with Crippen LogP contribution in [-0.4, -0.2) is 84.5 Å². The molecule has 0 saturated carbocycles. The van der Waals surface area contributed by atoms with Crippen LogP contribution in [0.5, 0.6) is 0 Å². The van der Waals surface area contributed by atoms with Crippen molar-refractivity contribution in [1.82, 2.24) is 24.8 Å². The third kappa shape index (κ3) is 6.58. The highest BCUT2D eigenvalue weighted by molar-refractivity contribution is 7.63. The molecule has 1 saturated heterocycles. The third-order valence-corrected chi connectivity index (χ3v) is 7.41. The molecule has 1 aliphatic rings. The molecule has 18 nitrogen and oxygen atoms in total. The van der Waals surface area contributed by atoms with E-state index in [-0.39, 0.29) is 17.0 Å². The van der Waals surface area contributed by atoms with Gasteiger partial charge in [-0.05, 0) is 6.92 Å². The van der Waals surface area contributed by atoms with E-state index in [2.05, 4.69) is 34.4 Å². The Morgan fingerprint density at radius 2 is 1.94 bits per heavy atom. The number of hydrogen-bond donors (Lipinski definition) is 5. The minimum absolute atomic E-state index is 0.0421. The molecule has 3 rings (SSSR count). The lowest BCUT2D eigenvalue weighted by Gasteiger charge is -2.31. The number of aromatic nitrogens is 4. The average Bonchev–Trinajstić information content (AvgIpc) is 3.27. The number of nitrogens with one attached hydrogen (secondary N) is 2. The first-order valence-corrected chi connectivity index (χ1v) is 12.9. The third-order valence-electron chi connectivity index (χ3n) is 4.49. The zero-order chi connectivity index (χ0) is 26.0. The van der Waals surface area contributed by atoms with Gasteiger partial charge in [-0.2, -0.15) is 0 Å². The van der Waals surface area contributed by atoms with Gasteiger partial charge in [0.05, 0.1) is 12.9 Å². The molecule has 0 radical (unpaired) electrons. The number of urea groups is 1. The minimum Gasteiger partial charge on any atom is -0.778 e. The van der Waals surface area contributed by atoms with Gasteiger partial charge >= 0.3 is 12.0 Å². The van der Waals surface area contributed by atoms with Gasteiger partial charge in [0.2, 0.25) is 0 Å². The number of aliphatic hydroxyl groups excluding tert-OH is 2. The number of anilines is 1. The van der Waals surface area contributed by atoms with E-state index in [0.717, 1.165) is 6.33 Å². The Morgan fingerprint density at radius 1 is 1.23 bits per heavy atom. The van der Waals surface area contributed by atoms with Crippen LogP contribution in [0.4, 0.5) is 10.6 Å². The van der Waals surface area contributed by atoms with Crippen LogP contribution in [0.15, 0.2) is 12.7 Å². The Hall–Kier alpha value is -2.53. The summed E-state index contributed by atoms with van der Waals surface area (Å²) in [7, 11) is -10.9. The number of nitrogens with zero attached hydrogens (tertiary/aromatic N) is 4. The number of phosphoric ester groups is 1. The normalized spacial score (nSPS) is 25.6. The molecule has 5 N–H and O–H groups in total. The van der Waals surface area contributed by atoms with Crippen LogP contribution in [0.25, 0.3) is 11.2 Å². The van der Waals surface area contributed by atoms with Crippen molar-refractivity contribution in [3.8, 4) is 0 Å². The second kappa shape index (κ2) is 10.6. The van der Waals surface area contributed by atoms with Gasteiger partial charge < -0.3 is 44.2 Å². The molecule has 0 aromatic carbocycles. The molecule has 2 amide bonds. The van der Waals surface area contributed by atoms with Crippen LogP contribution in [0, 0.1) is 0 Å². The van der Waals surface area contributed by atoms with Crippen LogP contribution >= 0.6 is 15.4 Å². The number of ether oxygens (including phenoxy) is 1. The summed E-state index contributed by atoms with van der Waals surface area (Å²) in [6.07, 6.45) is -5.50. The average molecular weight is 538 g/mol. The van der Waals surface area contributed by atoms with Crippen molar-refractivity contribution >= 4 is 44.4 Å². The van der Waals surface area contributed by atoms with Gasteiger partial charge in [0.1, 0.15) is 30.8 Å². The molecule has 2 aromatic rings. The van der Waals surface area contributed by atoms with Crippen LogP contribution in [0.1, 0.15) is 13.2 Å². The monoisotopic (exact) mass is 538 g/mol. The summed E-state index contributed by atoms with van der Waals surface area (Å²) >= 11 is 0. The Kier molecular flexibility index (Phi) is 8.21. The standard InChI is InChI=1S/C15H22N6O12P2/c1-2-16-15(26)20-12-9-13(18-5-17-12)21(6-19-9)14-11(25)10(24)7(32-14)3-31-35(29,30)33-34(27,28)4-8(22)23/h5-7,10-11,14,24-25H,2-4H2,1H3,(H,22,23)(H,27,28)(H,29,30)(H2,16,17,18,20,26)/p-2/t7-,10?,11+,14-/m1/s1. The molecule has 3 unspecified atom stereocenters. The summed E-state index contributed by atoms with van der Waals surface area (Å²) in [6.45, 7) is 1.08. The molecule has 0 spiro atoms. The fourth-order valence-corrected chi connectivity index (χ4v) is 5.37. The van der Waals surface area contributed by atoms with E-state index in [1.165, 1.54) is 10.9 Å². The molecular formula is C15H20N6O12P2-2. The first-order chi connectivity index (χ1) is 16.3. The molecule has 0 bridgehead atoms. The van der Waals surface area contributed by atoms with Crippen molar-refractivity contribution in [2.45, 2.75) is 31.5 Å². The summed E-state index contributed by atoms with van der Waals surface area (Å²) < 4.78 is 38.1. The van der Waals surface area contributed by atoms with Crippen molar-refractivity contribution in [1.29, 1.82) is 0 Å². The van der Waals surface area contributed by atoms with Gasteiger partial charge in [-0.3, -0.25) is 23.6 Å². The van der Waals surface area contributed by atoms with Gasteiger partial charge in [0, 0.05) is 6.54 Å². The highest BCUT2D eigenvalue weighted by atomic mass is 31.3. The molecule has 0 aliphatic carbocycles. The fourth-order valence-electron chi connectivity index (χ4n) is 3.07. The largest absolute Gasteiger partial charge is 0.778 e. The van der Waals surface area contributed by atoms with Crippen molar-refractivity contribution in [3.63, 3.8) is 0 Å². The number of carboxylic acids is 1. The van der Waals surface area contributed by atoms with E-state index in [9.17, 15) is 38.7 Å². The Balaban J connectivity index is 1.72. The van der Waals surface area contributed by atoms with E-state index in [1.807, 2.05) is 0 Å². The highest BCUT2D eigenvalue weighted by Gasteiger charge is 2.45. The Morgan fingerprint density at radius 3 is 2.60 bits per heavy atom. The first-order valence-electron chi connectivity index (χ1n) is 9.76. The van der Waals surface area contributed by atoms with Gasteiger partial charge in [0.15, 0.2) is 30.8 Å². The number of carbonyl (C=O) groups is 2. The van der Waals surface area contributed by atoms with E-state index in [4.69, 9.17) is 9.84 Å². The van der Waals surface area contributed by atoms with Crippen molar-refractivity contribution in [2.24, 2.45) is 0 Å². The lowest BCUT2D eigenvalue weighted by molar-refractivity contribution is -0.233. The summed E-state index contributed by atoms with van der Waals surface area (Å²) in [5.74, 6) is -1.80. The maximum Gasteiger partial charge on any atom is 0.320 e. The van der Waals surface area contributed by atoms with Crippen molar-refractivity contribution in [3.05, 3.63) is 12.7 Å². The van der Waals surface area contributed by atoms with E-state index in [1.54, 1.807) is 6.92 Å². The topological polar surface area (TPSA) is 270 Å². The number of imidazole rings is 1. The number of phosphoric acid groups is 1. The fraction of sp³-hybridized carbons (Fsp3) is 0.533. The smallest absolute Gasteiger partial charge is 0.320 e. The lowest BCUT2D eigenvalue weighted by atomic mass is 10.1. The molecule has 1 fully saturated rings. The molecule has 1 aliphatic heterocycles. The molecule has 20 heteroatoms. The maximum atomic E-state index is 11.8. The second-order valence-corrected chi connectivity index (χ2v) is 10.4. The van der Waals surface area contributed by atoms with E-state index >= 15 is 0 Å². The summed E-state index contributed by atoms with van der Waals surface area (Å²) in [5, 5.41) is 34.1. The van der Waals surface area contributed by atoms with E-state index < -0.39 is 64.7 Å². The summed E-state index contributed by atoms with van der Waals surface area (Å²) in [5.41, 5.74) is 0.203. The number of carboxylic acid groups (broad SMARTS) is 1. The number of amides is 2. The number of fused-ring (bicyclic) bond motifs is 1. The number of hydrogen-bond acceptors (Lipinski definition) is 14. The molecule has 6 atom stereocenters. The second-order valence-electron chi connectivity index (χ2n) is 7.06. The predicted molar refractivity (Wildman–Crippen MR) is 109 cm³/mol. The molecular weight excluding hydrogens is 518 g/mol. The van der Waals surface area contributed by atoms with Crippen molar-refractivity contribution < 1.29 is 57.4 Å². The number of aliphatic carboxylic acids is 1. The molecule has 194 valence electrons. The van der Waals surface area contributed by atoms with Crippen LogP contribution in [0.3, 0.4) is 0 Å². The quantitative estimate of drug-likeness (QED) is 0.199. The summed E-state index contributed by atoms with van der Waals surface area (Å²) in [6, 6.07) is -0.554. The van der Waals surface area contributed by atoms with Crippen LogP contribution in [0.2, 0.25) is 0 Å². The zero-order valence-corrected chi connectivity index (χ0v) is 19.6. The number of aliphatic hydroxyl groups is 2. The maximum absolute atomic E-state index is 11.8. The molecule has 2 aromatic heterocycles.